The Balaban J connectivity index is 1.52. The van der Waals surface area contributed by atoms with Crippen molar-refractivity contribution in [3.63, 3.8) is 0 Å². The summed E-state index contributed by atoms with van der Waals surface area (Å²) in [7, 11) is 1.60. The fourth-order valence-electron chi connectivity index (χ4n) is 2.90. The summed E-state index contributed by atoms with van der Waals surface area (Å²) in [5.41, 5.74) is 2.60. The Morgan fingerprint density at radius 3 is 2.55 bits per heavy atom. The molecule has 7 heteroatoms. The van der Waals surface area contributed by atoms with Crippen molar-refractivity contribution in [3.8, 4) is 11.5 Å². The van der Waals surface area contributed by atoms with Crippen molar-refractivity contribution < 1.29 is 14.3 Å². The van der Waals surface area contributed by atoms with Crippen LogP contribution in [0.2, 0.25) is 5.02 Å². The van der Waals surface area contributed by atoms with Crippen molar-refractivity contribution in [2.45, 2.75) is 6.61 Å². The average molecular weight is 451 g/mol. The lowest BCUT2D eigenvalue weighted by Crippen LogP contribution is -2.19. The van der Waals surface area contributed by atoms with Crippen LogP contribution in [0.3, 0.4) is 0 Å². The van der Waals surface area contributed by atoms with Gasteiger partial charge in [-0.1, -0.05) is 48.0 Å². The molecule has 0 saturated carbocycles. The van der Waals surface area contributed by atoms with E-state index in [0.717, 1.165) is 16.8 Å². The van der Waals surface area contributed by atoms with E-state index in [2.05, 4.69) is 10.3 Å². The molecule has 1 aliphatic heterocycles. The number of carbonyl (C=O) groups excluding carboxylic acids is 1. The number of amides is 1. The zero-order valence-electron chi connectivity index (χ0n) is 16.7. The summed E-state index contributed by atoms with van der Waals surface area (Å²) in [5, 5.41) is 3.95. The van der Waals surface area contributed by atoms with Gasteiger partial charge in [0.25, 0.3) is 5.91 Å². The highest BCUT2D eigenvalue weighted by atomic mass is 35.5. The number of methoxy groups -OCH3 is 1. The first-order valence-corrected chi connectivity index (χ1v) is 10.7. The fourth-order valence-corrected chi connectivity index (χ4v) is 3.86. The molecular weight excluding hydrogens is 432 g/mol. The van der Waals surface area contributed by atoms with E-state index in [1.54, 1.807) is 37.5 Å². The van der Waals surface area contributed by atoms with Crippen LogP contribution in [0.5, 0.6) is 11.5 Å². The second-order valence-electron chi connectivity index (χ2n) is 6.64. The van der Waals surface area contributed by atoms with E-state index < -0.39 is 0 Å². The summed E-state index contributed by atoms with van der Waals surface area (Å²) in [5.74, 6) is 1.05. The number of nitrogens with zero attached hydrogens (tertiary/aromatic N) is 1. The Kier molecular flexibility index (Phi) is 6.60. The number of carbonyl (C=O) groups is 1. The van der Waals surface area contributed by atoms with Crippen LogP contribution in [0.15, 0.2) is 82.7 Å². The van der Waals surface area contributed by atoms with Crippen molar-refractivity contribution >= 4 is 46.2 Å². The van der Waals surface area contributed by atoms with E-state index >= 15 is 0 Å². The molecule has 0 atom stereocenters. The third-order valence-electron chi connectivity index (χ3n) is 4.43. The normalized spacial score (nSPS) is 15.9. The molecule has 1 saturated heterocycles. The Labute approximate surface area is 189 Å². The molecule has 5 nitrogen and oxygen atoms in total. The first-order chi connectivity index (χ1) is 15.1. The number of thioether (sulfide) groups is 1. The minimum atomic E-state index is -0.194. The minimum Gasteiger partial charge on any atom is -0.493 e. The third kappa shape index (κ3) is 5.48. The fraction of sp³-hybridized carbons (Fsp3) is 0.0833. The molecule has 1 fully saturated rings. The second-order valence-corrected chi connectivity index (χ2v) is 8.11. The van der Waals surface area contributed by atoms with Gasteiger partial charge in [-0.25, -0.2) is 4.99 Å². The number of aliphatic imine (C=N–C) groups is 1. The summed E-state index contributed by atoms with van der Waals surface area (Å²) in [4.78, 5) is 17.4. The van der Waals surface area contributed by atoms with Gasteiger partial charge in [-0.05, 0) is 65.4 Å². The number of ether oxygens (including phenoxy) is 2. The van der Waals surface area contributed by atoms with Gasteiger partial charge in [0.1, 0.15) is 6.61 Å². The van der Waals surface area contributed by atoms with Crippen LogP contribution in [-0.2, 0) is 11.4 Å². The molecule has 1 N–H and O–H groups in total. The van der Waals surface area contributed by atoms with Gasteiger partial charge in [0.2, 0.25) is 0 Å². The van der Waals surface area contributed by atoms with Crippen LogP contribution in [0, 0.1) is 0 Å². The summed E-state index contributed by atoms with van der Waals surface area (Å²) < 4.78 is 11.4. The number of rotatable bonds is 6. The Hall–Kier alpha value is -3.22. The van der Waals surface area contributed by atoms with Crippen molar-refractivity contribution in [2.75, 3.05) is 7.11 Å². The molecule has 1 aliphatic rings. The van der Waals surface area contributed by atoms with Crippen molar-refractivity contribution in [1.29, 1.82) is 0 Å². The molecular formula is C24H19ClN2O3S. The van der Waals surface area contributed by atoms with Crippen LogP contribution in [0.4, 0.5) is 5.69 Å². The van der Waals surface area contributed by atoms with E-state index in [4.69, 9.17) is 21.1 Å². The lowest BCUT2D eigenvalue weighted by atomic mass is 10.2. The highest BCUT2D eigenvalue weighted by Gasteiger charge is 2.24. The predicted molar refractivity (Wildman–Crippen MR) is 126 cm³/mol. The van der Waals surface area contributed by atoms with Gasteiger partial charge in [0, 0.05) is 5.02 Å². The highest BCUT2D eigenvalue weighted by Crippen LogP contribution is 2.32. The molecule has 0 aliphatic carbocycles. The molecule has 0 bridgehead atoms. The molecule has 156 valence electrons. The smallest absolute Gasteiger partial charge is 0.264 e. The van der Waals surface area contributed by atoms with Crippen molar-refractivity contribution in [2.24, 2.45) is 4.99 Å². The molecule has 3 aromatic rings. The Bertz CT molecular complexity index is 1150. The molecule has 1 heterocycles. The highest BCUT2D eigenvalue weighted by molar-refractivity contribution is 8.18. The number of hydrogen-bond acceptors (Lipinski definition) is 5. The van der Waals surface area contributed by atoms with Gasteiger partial charge >= 0.3 is 0 Å². The van der Waals surface area contributed by atoms with Crippen LogP contribution in [0.1, 0.15) is 11.1 Å². The lowest BCUT2D eigenvalue weighted by molar-refractivity contribution is -0.115. The van der Waals surface area contributed by atoms with Crippen molar-refractivity contribution in [1.82, 2.24) is 5.32 Å². The predicted octanol–water partition coefficient (Wildman–Crippen LogP) is 5.82. The molecule has 31 heavy (non-hydrogen) atoms. The molecule has 0 radical (unpaired) electrons. The van der Waals surface area contributed by atoms with Crippen LogP contribution >= 0.6 is 23.4 Å². The van der Waals surface area contributed by atoms with E-state index in [-0.39, 0.29) is 5.91 Å². The number of halogens is 1. The van der Waals surface area contributed by atoms with Gasteiger partial charge < -0.3 is 14.8 Å². The largest absolute Gasteiger partial charge is 0.493 e. The van der Waals surface area contributed by atoms with Crippen molar-refractivity contribution in [3.05, 3.63) is 93.9 Å². The van der Waals surface area contributed by atoms with E-state index in [0.29, 0.717) is 33.2 Å². The maximum Gasteiger partial charge on any atom is 0.264 e. The Morgan fingerprint density at radius 1 is 1.03 bits per heavy atom. The summed E-state index contributed by atoms with van der Waals surface area (Å²) >= 11 is 7.19. The SMILES string of the molecule is COc1ccc(/C=C2/SC(=Nc3ccc(Cl)cc3)NC2=O)cc1OCc1ccccc1. The lowest BCUT2D eigenvalue weighted by Gasteiger charge is -2.11. The maximum atomic E-state index is 12.4. The number of hydrogen-bond donors (Lipinski definition) is 1. The van der Waals surface area contributed by atoms with Gasteiger partial charge in [0.05, 0.1) is 17.7 Å². The summed E-state index contributed by atoms with van der Waals surface area (Å²) in [6, 6.07) is 22.6. The van der Waals surface area contributed by atoms with E-state index in [1.807, 2.05) is 48.5 Å². The maximum absolute atomic E-state index is 12.4. The molecule has 0 unspecified atom stereocenters. The zero-order valence-corrected chi connectivity index (χ0v) is 18.2. The standard InChI is InChI=1S/C24H19ClN2O3S/c1-29-20-12-7-17(13-21(20)30-15-16-5-3-2-4-6-16)14-22-23(28)27-24(31-22)26-19-10-8-18(25)9-11-19/h2-14H,15H2,1H3,(H,26,27,28)/b22-14+. The van der Waals surface area contributed by atoms with Crippen LogP contribution in [0.25, 0.3) is 6.08 Å². The zero-order chi connectivity index (χ0) is 21.6. The Morgan fingerprint density at radius 2 is 1.81 bits per heavy atom. The topological polar surface area (TPSA) is 59.9 Å². The number of nitrogens with one attached hydrogen (secondary N) is 1. The van der Waals surface area contributed by atoms with Gasteiger partial charge in [-0.15, -0.1) is 0 Å². The molecule has 3 aromatic carbocycles. The van der Waals surface area contributed by atoms with Crippen LogP contribution in [-0.4, -0.2) is 18.2 Å². The van der Waals surface area contributed by atoms with Gasteiger partial charge in [-0.3, -0.25) is 4.79 Å². The number of benzene rings is 3. The third-order valence-corrected chi connectivity index (χ3v) is 5.59. The van der Waals surface area contributed by atoms with E-state index in [1.165, 1.54) is 11.8 Å². The monoisotopic (exact) mass is 450 g/mol. The summed E-state index contributed by atoms with van der Waals surface area (Å²) in [6.45, 7) is 0.421. The summed E-state index contributed by atoms with van der Waals surface area (Å²) in [6.07, 6.45) is 1.80. The molecule has 0 spiro atoms. The van der Waals surface area contributed by atoms with Gasteiger partial charge in [-0.2, -0.15) is 0 Å². The minimum absolute atomic E-state index is 0.194. The number of amidine groups is 1. The van der Waals surface area contributed by atoms with Crippen LogP contribution < -0.4 is 14.8 Å². The van der Waals surface area contributed by atoms with Gasteiger partial charge in [0.15, 0.2) is 16.7 Å². The molecule has 1 amide bonds. The first kappa shape index (κ1) is 21.0. The van der Waals surface area contributed by atoms with E-state index in [9.17, 15) is 4.79 Å². The molecule has 4 rings (SSSR count). The average Bonchev–Trinajstić information content (AvgIpc) is 3.13. The second kappa shape index (κ2) is 9.73. The quantitative estimate of drug-likeness (QED) is 0.481. The first-order valence-electron chi connectivity index (χ1n) is 9.50. The molecule has 0 aromatic heterocycles.